The summed E-state index contributed by atoms with van der Waals surface area (Å²) in [5.41, 5.74) is 0. The Kier molecular flexibility index (Phi) is 4.97. The molecular weight excluding hydrogens is 282 g/mol. The lowest BCUT2D eigenvalue weighted by Gasteiger charge is -2.31. The van der Waals surface area contributed by atoms with Gasteiger partial charge in [0.25, 0.3) is 10.0 Å². The van der Waals surface area contributed by atoms with Crippen molar-refractivity contribution in [3.8, 4) is 0 Å². The minimum absolute atomic E-state index is 0.475. The monoisotopic (exact) mass is 303 g/mol. The molecule has 2 rings (SSSR count). The number of piperazine rings is 1. The fourth-order valence-electron chi connectivity index (χ4n) is 2.04. The van der Waals surface area contributed by atoms with E-state index in [0.717, 1.165) is 30.9 Å². The number of nitrogens with one attached hydrogen (secondary N) is 1. The van der Waals surface area contributed by atoms with Crippen LogP contribution in [-0.2, 0) is 16.4 Å². The standard InChI is InChI=1S/C12H21N3O2S2/c1-13-6-5-11-3-4-12(18-11)19(16,17)15-9-7-14(2)8-10-15/h3-4,13H,5-10H2,1-2H3. The molecule has 1 aliphatic rings. The minimum atomic E-state index is -3.28. The number of thiophene rings is 1. The highest BCUT2D eigenvalue weighted by atomic mass is 32.2. The number of hydrogen-bond acceptors (Lipinski definition) is 5. The Hall–Kier alpha value is -0.470. The molecule has 1 saturated heterocycles. The first-order chi connectivity index (χ1) is 9.04. The zero-order valence-electron chi connectivity index (χ0n) is 11.4. The van der Waals surface area contributed by atoms with E-state index in [2.05, 4.69) is 10.2 Å². The average molecular weight is 303 g/mol. The molecule has 1 fully saturated rings. The number of nitrogens with zero attached hydrogens (tertiary/aromatic N) is 2. The van der Waals surface area contributed by atoms with Crippen molar-refractivity contribution in [2.24, 2.45) is 0 Å². The molecule has 7 heteroatoms. The van der Waals surface area contributed by atoms with E-state index in [1.54, 1.807) is 10.4 Å². The molecular formula is C12H21N3O2S2. The Morgan fingerprint density at radius 3 is 2.58 bits per heavy atom. The second-order valence-electron chi connectivity index (χ2n) is 4.78. The summed E-state index contributed by atoms with van der Waals surface area (Å²) in [5.74, 6) is 0. The van der Waals surface area contributed by atoms with Crippen LogP contribution in [0.3, 0.4) is 0 Å². The maximum atomic E-state index is 12.5. The smallest absolute Gasteiger partial charge is 0.252 e. The van der Waals surface area contributed by atoms with Gasteiger partial charge in [-0.3, -0.25) is 0 Å². The normalized spacial score (nSPS) is 18.8. The van der Waals surface area contributed by atoms with Crippen molar-refractivity contribution in [3.63, 3.8) is 0 Å². The Bertz CT molecular complexity index is 505. The summed E-state index contributed by atoms with van der Waals surface area (Å²) in [6.07, 6.45) is 0.874. The molecule has 1 aromatic heterocycles. The summed E-state index contributed by atoms with van der Waals surface area (Å²) in [6.45, 7) is 3.65. The van der Waals surface area contributed by atoms with Gasteiger partial charge in [0.15, 0.2) is 0 Å². The maximum absolute atomic E-state index is 12.5. The van der Waals surface area contributed by atoms with E-state index in [1.807, 2.05) is 20.2 Å². The summed E-state index contributed by atoms with van der Waals surface area (Å²) in [6, 6.07) is 3.66. The maximum Gasteiger partial charge on any atom is 0.252 e. The number of sulfonamides is 1. The average Bonchev–Trinajstić information content (AvgIpc) is 2.86. The predicted molar refractivity (Wildman–Crippen MR) is 78.2 cm³/mol. The van der Waals surface area contributed by atoms with Crippen LogP contribution in [0.4, 0.5) is 0 Å². The molecule has 0 aromatic carbocycles. The van der Waals surface area contributed by atoms with Crippen molar-refractivity contribution in [1.82, 2.24) is 14.5 Å². The van der Waals surface area contributed by atoms with Crippen LogP contribution in [-0.4, -0.2) is 64.4 Å². The van der Waals surface area contributed by atoms with Crippen LogP contribution in [0.5, 0.6) is 0 Å². The highest BCUT2D eigenvalue weighted by Crippen LogP contribution is 2.25. The Balaban J connectivity index is 2.08. The van der Waals surface area contributed by atoms with Crippen molar-refractivity contribution < 1.29 is 8.42 Å². The van der Waals surface area contributed by atoms with Gasteiger partial charge in [-0.1, -0.05) is 0 Å². The van der Waals surface area contributed by atoms with Gasteiger partial charge in [-0.25, -0.2) is 8.42 Å². The summed E-state index contributed by atoms with van der Waals surface area (Å²) < 4.78 is 27.0. The second-order valence-corrected chi connectivity index (χ2v) is 8.11. The highest BCUT2D eigenvalue weighted by molar-refractivity contribution is 7.91. The first kappa shape index (κ1) is 14.9. The van der Waals surface area contributed by atoms with Gasteiger partial charge in [0.1, 0.15) is 4.21 Å². The van der Waals surface area contributed by atoms with E-state index >= 15 is 0 Å². The summed E-state index contributed by atoms with van der Waals surface area (Å²) >= 11 is 1.39. The number of rotatable bonds is 5. The van der Waals surface area contributed by atoms with E-state index in [1.165, 1.54) is 11.3 Å². The first-order valence-electron chi connectivity index (χ1n) is 6.46. The number of hydrogen-bond donors (Lipinski definition) is 1. The second kappa shape index (κ2) is 6.32. The van der Waals surface area contributed by atoms with Gasteiger partial charge in [-0.05, 0) is 39.2 Å². The van der Waals surface area contributed by atoms with E-state index in [0.29, 0.717) is 17.3 Å². The molecule has 1 aromatic rings. The van der Waals surface area contributed by atoms with Crippen LogP contribution in [0, 0.1) is 0 Å². The molecule has 2 heterocycles. The van der Waals surface area contributed by atoms with E-state index in [9.17, 15) is 8.42 Å². The summed E-state index contributed by atoms with van der Waals surface area (Å²) in [5, 5.41) is 3.07. The van der Waals surface area contributed by atoms with Gasteiger partial charge >= 0.3 is 0 Å². The van der Waals surface area contributed by atoms with Crippen LogP contribution in [0.2, 0.25) is 0 Å². The molecule has 1 aliphatic heterocycles. The Morgan fingerprint density at radius 2 is 1.95 bits per heavy atom. The molecule has 0 amide bonds. The van der Waals surface area contributed by atoms with Gasteiger partial charge in [-0.15, -0.1) is 11.3 Å². The fraction of sp³-hybridized carbons (Fsp3) is 0.667. The highest BCUT2D eigenvalue weighted by Gasteiger charge is 2.28. The predicted octanol–water partition coefficient (Wildman–Crippen LogP) is 0.446. The topological polar surface area (TPSA) is 52.7 Å². The third-order valence-electron chi connectivity index (χ3n) is 3.31. The minimum Gasteiger partial charge on any atom is -0.319 e. The van der Waals surface area contributed by atoms with E-state index in [-0.39, 0.29) is 0 Å². The molecule has 1 N–H and O–H groups in total. The van der Waals surface area contributed by atoms with Gasteiger partial charge < -0.3 is 10.2 Å². The molecule has 0 atom stereocenters. The zero-order chi connectivity index (χ0) is 13.9. The van der Waals surface area contributed by atoms with Crippen LogP contribution < -0.4 is 5.32 Å². The molecule has 108 valence electrons. The largest absolute Gasteiger partial charge is 0.319 e. The van der Waals surface area contributed by atoms with Gasteiger partial charge in [0.05, 0.1) is 0 Å². The lowest BCUT2D eigenvalue weighted by molar-refractivity contribution is 0.222. The molecule has 5 nitrogen and oxygen atoms in total. The molecule has 0 saturated carbocycles. The third kappa shape index (κ3) is 3.55. The Morgan fingerprint density at radius 1 is 1.26 bits per heavy atom. The van der Waals surface area contributed by atoms with E-state index < -0.39 is 10.0 Å². The number of likely N-dealkylation sites (N-methyl/N-ethyl adjacent to an activating group) is 2. The zero-order valence-corrected chi connectivity index (χ0v) is 13.1. The molecule has 0 bridgehead atoms. The van der Waals surface area contributed by atoms with Crippen LogP contribution in [0.1, 0.15) is 4.88 Å². The first-order valence-corrected chi connectivity index (χ1v) is 8.71. The van der Waals surface area contributed by atoms with Crippen molar-refractivity contribution in [3.05, 3.63) is 17.0 Å². The molecule has 0 unspecified atom stereocenters. The summed E-state index contributed by atoms with van der Waals surface area (Å²) in [7, 11) is 0.632. The summed E-state index contributed by atoms with van der Waals surface area (Å²) in [4.78, 5) is 3.26. The van der Waals surface area contributed by atoms with Crippen molar-refractivity contribution in [2.75, 3.05) is 46.8 Å². The Labute approximate surface area is 119 Å². The van der Waals surface area contributed by atoms with Gasteiger partial charge in [0.2, 0.25) is 0 Å². The van der Waals surface area contributed by atoms with Gasteiger partial charge in [-0.2, -0.15) is 4.31 Å². The van der Waals surface area contributed by atoms with Crippen molar-refractivity contribution in [2.45, 2.75) is 10.6 Å². The van der Waals surface area contributed by atoms with Crippen LogP contribution in [0.25, 0.3) is 0 Å². The molecule has 19 heavy (non-hydrogen) atoms. The van der Waals surface area contributed by atoms with Crippen molar-refractivity contribution >= 4 is 21.4 Å². The van der Waals surface area contributed by atoms with Crippen LogP contribution >= 0.6 is 11.3 Å². The quantitative estimate of drug-likeness (QED) is 0.858. The molecule has 0 aliphatic carbocycles. The van der Waals surface area contributed by atoms with Gasteiger partial charge in [0, 0.05) is 31.1 Å². The fourth-order valence-corrected chi connectivity index (χ4v) is 4.97. The van der Waals surface area contributed by atoms with Crippen molar-refractivity contribution in [1.29, 1.82) is 0 Å². The molecule has 0 spiro atoms. The third-order valence-corrected chi connectivity index (χ3v) is 6.83. The lowest BCUT2D eigenvalue weighted by Crippen LogP contribution is -2.46. The SMILES string of the molecule is CNCCc1ccc(S(=O)(=O)N2CCN(C)CC2)s1. The molecule has 0 radical (unpaired) electrons. The van der Waals surface area contributed by atoms with E-state index in [4.69, 9.17) is 0 Å². The lowest BCUT2D eigenvalue weighted by atomic mass is 10.3. The van der Waals surface area contributed by atoms with Crippen LogP contribution in [0.15, 0.2) is 16.3 Å².